The van der Waals surface area contributed by atoms with Gasteiger partial charge < -0.3 is 15.3 Å². The Bertz CT molecular complexity index is 616. The lowest BCUT2D eigenvalue weighted by Crippen LogP contribution is -2.50. The lowest BCUT2D eigenvalue weighted by Gasteiger charge is -2.41. The predicted octanol–water partition coefficient (Wildman–Crippen LogP) is 2.56. The number of hydrogen-bond acceptors (Lipinski definition) is 4. The van der Waals surface area contributed by atoms with E-state index in [4.69, 9.17) is 0 Å². The highest BCUT2D eigenvalue weighted by Crippen LogP contribution is 2.25. The molecule has 3 rings (SSSR count). The van der Waals surface area contributed by atoms with Crippen molar-refractivity contribution in [1.82, 2.24) is 15.1 Å². The minimum atomic E-state index is -0.0943. The third kappa shape index (κ3) is 5.56. The van der Waals surface area contributed by atoms with Crippen LogP contribution in [0.2, 0.25) is 0 Å². The fourth-order valence-corrected chi connectivity index (χ4v) is 4.59. The molecule has 0 radical (unpaired) electrons. The number of nitrogens with one attached hydrogen (secondary N) is 1. The van der Waals surface area contributed by atoms with Crippen molar-refractivity contribution < 1.29 is 9.90 Å². The second kappa shape index (κ2) is 10.4. The fraction of sp³-hybridized carbons (Fsp3) is 0.696. The number of amides is 1. The van der Waals surface area contributed by atoms with Crippen LogP contribution in [0, 0.1) is 12.8 Å². The normalized spacial score (nSPS) is 21.5. The zero-order chi connectivity index (χ0) is 19.9. The SMILES string of the molecule is CC[C@H](CO)NC(=O)C1CCN(C2CCN(Cc3ccccc3C)CC2)CC1. The monoisotopic (exact) mass is 387 g/mol. The van der Waals surface area contributed by atoms with Crippen LogP contribution in [0.15, 0.2) is 24.3 Å². The van der Waals surface area contributed by atoms with Crippen molar-refractivity contribution in [1.29, 1.82) is 0 Å². The quantitative estimate of drug-likeness (QED) is 0.755. The number of hydrogen-bond donors (Lipinski definition) is 2. The predicted molar refractivity (Wildman–Crippen MR) is 113 cm³/mol. The van der Waals surface area contributed by atoms with E-state index in [2.05, 4.69) is 46.3 Å². The molecule has 2 fully saturated rings. The molecule has 0 aliphatic carbocycles. The van der Waals surface area contributed by atoms with Crippen molar-refractivity contribution in [3.05, 3.63) is 35.4 Å². The fourth-order valence-electron chi connectivity index (χ4n) is 4.59. The molecule has 2 aliphatic rings. The van der Waals surface area contributed by atoms with Crippen LogP contribution in [0.25, 0.3) is 0 Å². The molecule has 1 atom stereocenters. The standard InChI is InChI=1S/C23H37N3O2/c1-3-21(17-27)24-23(28)19-8-14-26(15-9-19)22-10-12-25(13-11-22)16-20-7-5-4-6-18(20)2/h4-7,19,21-22,27H,3,8-17H2,1-2H3,(H,24,28)/t21-/m1/s1. The third-order valence-electron chi connectivity index (χ3n) is 6.69. The van der Waals surface area contributed by atoms with Crippen LogP contribution in [0.1, 0.15) is 50.2 Å². The van der Waals surface area contributed by atoms with Crippen LogP contribution < -0.4 is 5.32 Å². The van der Waals surface area contributed by atoms with Crippen LogP contribution >= 0.6 is 0 Å². The first kappa shape index (κ1) is 21.3. The van der Waals surface area contributed by atoms with Gasteiger partial charge in [0.05, 0.1) is 12.6 Å². The lowest BCUT2D eigenvalue weighted by molar-refractivity contribution is -0.127. The zero-order valence-corrected chi connectivity index (χ0v) is 17.6. The zero-order valence-electron chi connectivity index (χ0n) is 17.6. The van der Waals surface area contributed by atoms with Gasteiger partial charge in [0.25, 0.3) is 0 Å². The third-order valence-corrected chi connectivity index (χ3v) is 6.69. The van der Waals surface area contributed by atoms with Gasteiger partial charge in [-0.3, -0.25) is 9.69 Å². The lowest BCUT2D eigenvalue weighted by atomic mass is 9.92. The van der Waals surface area contributed by atoms with Gasteiger partial charge in [0.2, 0.25) is 5.91 Å². The first-order chi connectivity index (χ1) is 13.6. The molecule has 1 aromatic carbocycles. The summed E-state index contributed by atoms with van der Waals surface area (Å²) in [6, 6.07) is 9.27. The first-order valence-electron chi connectivity index (χ1n) is 11.0. The van der Waals surface area contributed by atoms with Crippen LogP contribution in [-0.2, 0) is 11.3 Å². The van der Waals surface area contributed by atoms with Gasteiger partial charge in [0.15, 0.2) is 0 Å². The second-order valence-electron chi connectivity index (χ2n) is 8.54. The molecular formula is C23H37N3O2. The van der Waals surface area contributed by atoms with Gasteiger partial charge in [-0.2, -0.15) is 0 Å². The summed E-state index contributed by atoms with van der Waals surface area (Å²) in [6.07, 6.45) is 5.12. The van der Waals surface area contributed by atoms with Crippen LogP contribution in [0.3, 0.4) is 0 Å². The van der Waals surface area contributed by atoms with E-state index >= 15 is 0 Å². The second-order valence-corrected chi connectivity index (χ2v) is 8.54. The average Bonchev–Trinajstić information content (AvgIpc) is 2.74. The largest absolute Gasteiger partial charge is 0.394 e. The van der Waals surface area contributed by atoms with Crippen molar-refractivity contribution in [2.45, 2.75) is 64.6 Å². The number of benzene rings is 1. The number of aliphatic hydroxyl groups is 1. The maximum absolute atomic E-state index is 12.4. The molecule has 5 heteroatoms. The summed E-state index contributed by atoms with van der Waals surface area (Å²) in [5, 5.41) is 12.3. The highest BCUT2D eigenvalue weighted by atomic mass is 16.3. The van der Waals surface area contributed by atoms with Gasteiger partial charge >= 0.3 is 0 Å². The average molecular weight is 388 g/mol. The van der Waals surface area contributed by atoms with Crippen molar-refractivity contribution in [2.75, 3.05) is 32.8 Å². The van der Waals surface area contributed by atoms with Gasteiger partial charge in [0.1, 0.15) is 0 Å². The summed E-state index contributed by atoms with van der Waals surface area (Å²) >= 11 is 0. The van der Waals surface area contributed by atoms with Gasteiger partial charge in [-0.25, -0.2) is 0 Å². The molecule has 2 N–H and O–H groups in total. The number of aryl methyl sites for hydroxylation is 1. The number of carbonyl (C=O) groups is 1. The van der Waals surface area contributed by atoms with E-state index in [0.29, 0.717) is 6.04 Å². The highest BCUT2D eigenvalue weighted by Gasteiger charge is 2.31. The molecular weight excluding hydrogens is 350 g/mol. The van der Waals surface area contributed by atoms with Crippen molar-refractivity contribution in [3.63, 3.8) is 0 Å². The molecule has 2 heterocycles. The molecule has 1 aromatic rings. The van der Waals surface area contributed by atoms with Gasteiger partial charge in [-0.1, -0.05) is 31.2 Å². The van der Waals surface area contributed by atoms with Crippen LogP contribution in [0.4, 0.5) is 0 Å². The van der Waals surface area contributed by atoms with Gasteiger partial charge in [0, 0.05) is 18.5 Å². The Balaban J connectivity index is 1.40. The van der Waals surface area contributed by atoms with E-state index in [1.807, 2.05) is 6.92 Å². The number of nitrogens with zero attached hydrogens (tertiary/aromatic N) is 2. The first-order valence-corrected chi connectivity index (χ1v) is 11.0. The summed E-state index contributed by atoms with van der Waals surface area (Å²) < 4.78 is 0. The Morgan fingerprint density at radius 2 is 1.82 bits per heavy atom. The molecule has 5 nitrogen and oxygen atoms in total. The minimum absolute atomic E-state index is 0.0299. The van der Waals surface area contributed by atoms with Crippen molar-refractivity contribution in [2.24, 2.45) is 5.92 Å². The molecule has 0 unspecified atom stereocenters. The Kier molecular flexibility index (Phi) is 7.89. The maximum atomic E-state index is 12.4. The van der Waals surface area contributed by atoms with Crippen LogP contribution in [-0.4, -0.2) is 65.7 Å². The van der Waals surface area contributed by atoms with E-state index in [1.54, 1.807) is 0 Å². The van der Waals surface area contributed by atoms with E-state index in [0.717, 1.165) is 52.0 Å². The molecule has 28 heavy (non-hydrogen) atoms. The number of likely N-dealkylation sites (tertiary alicyclic amines) is 2. The Hall–Kier alpha value is -1.43. The number of carbonyl (C=O) groups excluding carboxylic acids is 1. The minimum Gasteiger partial charge on any atom is -0.394 e. The van der Waals surface area contributed by atoms with E-state index in [1.165, 1.54) is 24.0 Å². The Morgan fingerprint density at radius 1 is 1.14 bits per heavy atom. The highest BCUT2D eigenvalue weighted by molar-refractivity contribution is 5.79. The van der Waals surface area contributed by atoms with E-state index in [9.17, 15) is 9.90 Å². The Morgan fingerprint density at radius 3 is 2.43 bits per heavy atom. The number of piperidine rings is 2. The van der Waals surface area contributed by atoms with E-state index in [-0.39, 0.29) is 24.5 Å². The number of aliphatic hydroxyl groups excluding tert-OH is 1. The van der Waals surface area contributed by atoms with Crippen LogP contribution in [0.5, 0.6) is 0 Å². The molecule has 0 aromatic heterocycles. The molecule has 0 spiro atoms. The van der Waals surface area contributed by atoms with Gasteiger partial charge in [-0.05, 0) is 76.3 Å². The van der Waals surface area contributed by atoms with Crippen molar-refractivity contribution >= 4 is 5.91 Å². The smallest absolute Gasteiger partial charge is 0.223 e. The summed E-state index contributed by atoms with van der Waals surface area (Å²) in [7, 11) is 0. The summed E-state index contributed by atoms with van der Waals surface area (Å²) in [4.78, 5) is 17.6. The summed E-state index contributed by atoms with van der Waals surface area (Å²) in [5.74, 6) is 0.242. The molecule has 2 aliphatic heterocycles. The molecule has 1 amide bonds. The van der Waals surface area contributed by atoms with E-state index < -0.39 is 0 Å². The molecule has 0 saturated carbocycles. The topological polar surface area (TPSA) is 55.8 Å². The Labute approximate surface area is 170 Å². The van der Waals surface area contributed by atoms with Crippen molar-refractivity contribution in [3.8, 4) is 0 Å². The van der Waals surface area contributed by atoms with Gasteiger partial charge in [-0.15, -0.1) is 0 Å². The molecule has 2 saturated heterocycles. The molecule has 0 bridgehead atoms. The summed E-state index contributed by atoms with van der Waals surface area (Å²) in [6.45, 7) is 9.66. The molecule has 156 valence electrons. The summed E-state index contributed by atoms with van der Waals surface area (Å²) in [5.41, 5.74) is 2.83. The number of rotatable bonds is 7. The maximum Gasteiger partial charge on any atom is 0.223 e.